The predicted molar refractivity (Wildman–Crippen MR) is 66.4 cm³/mol. The van der Waals surface area contributed by atoms with E-state index in [1.165, 1.54) is 0 Å². The number of aliphatic hydroxyl groups excluding tert-OH is 1. The van der Waals surface area contributed by atoms with Crippen LogP contribution in [0.2, 0.25) is 5.02 Å². The molecular weight excluding hydrogens is 238 g/mol. The minimum atomic E-state index is -0.0176. The molecule has 2 rings (SSSR count). The molecule has 0 saturated carbocycles. The van der Waals surface area contributed by atoms with Crippen LogP contribution in [0.4, 0.5) is 0 Å². The highest BCUT2D eigenvalue weighted by Crippen LogP contribution is 2.23. The minimum absolute atomic E-state index is 0.0176. The van der Waals surface area contributed by atoms with Crippen LogP contribution in [0.1, 0.15) is 11.3 Å². The second kappa shape index (κ2) is 5.17. The summed E-state index contributed by atoms with van der Waals surface area (Å²) in [5.41, 5.74) is 1.55. The van der Waals surface area contributed by atoms with Gasteiger partial charge in [-0.3, -0.25) is 0 Å². The number of ether oxygens (including phenoxy) is 1. The maximum absolute atomic E-state index is 9.04. The second-order valence-electron chi connectivity index (χ2n) is 3.61. The van der Waals surface area contributed by atoms with E-state index in [9.17, 15) is 0 Å². The van der Waals surface area contributed by atoms with E-state index in [2.05, 4.69) is 4.98 Å². The average molecular weight is 250 g/mol. The van der Waals surface area contributed by atoms with Crippen LogP contribution in [-0.4, -0.2) is 10.1 Å². The van der Waals surface area contributed by atoms with Gasteiger partial charge in [-0.2, -0.15) is 0 Å². The molecule has 4 heteroatoms. The summed E-state index contributed by atoms with van der Waals surface area (Å²) in [6, 6.07) is 10.6. The fraction of sp³-hybridized carbons (Fsp3) is 0.154. The van der Waals surface area contributed by atoms with Crippen molar-refractivity contribution in [2.24, 2.45) is 0 Å². The molecule has 1 aromatic carbocycles. The molecule has 0 aliphatic heterocycles. The van der Waals surface area contributed by atoms with Crippen LogP contribution in [0.5, 0.6) is 11.6 Å². The lowest BCUT2D eigenvalue weighted by Gasteiger charge is -2.07. The molecule has 0 fully saturated rings. The summed E-state index contributed by atoms with van der Waals surface area (Å²) < 4.78 is 5.56. The van der Waals surface area contributed by atoms with Gasteiger partial charge in [-0.05, 0) is 36.8 Å². The summed E-state index contributed by atoms with van der Waals surface area (Å²) in [4.78, 5) is 4.24. The molecule has 0 amide bonds. The van der Waals surface area contributed by atoms with Crippen LogP contribution >= 0.6 is 11.6 Å². The zero-order chi connectivity index (χ0) is 12.3. The summed E-state index contributed by atoms with van der Waals surface area (Å²) in [6.45, 7) is 1.81. The lowest BCUT2D eigenvalue weighted by Crippen LogP contribution is -1.95. The van der Waals surface area contributed by atoms with E-state index in [0.717, 1.165) is 11.3 Å². The Morgan fingerprint density at radius 3 is 2.76 bits per heavy atom. The first-order valence-corrected chi connectivity index (χ1v) is 5.57. The molecule has 2 aromatic rings. The molecule has 0 bridgehead atoms. The molecule has 0 atom stereocenters. The standard InChI is InChI=1S/C13H12ClNO2/c1-9-10(8-16)5-6-13(15-9)17-12-4-2-3-11(14)7-12/h2-7,16H,8H2,1H3. The highest BCUT2D eigenvalue weighted by atomic mass is 35.5. The molecular formula is C13H12ClNO2. The average Bonchev–Trinajstić information content (AvgIpc) is 2.29. The van der Waals surface area contributed by atoms with Crippen molar-refractivity contribution in [1.82, 2.24) is 4.98 Å². The van der Waals surface area contributed by atoms with Gasteiger partial charge in [0, 0.05) is 16.8 Å². The van der Waals surface area contributed by atoms with E-state index < -0.39 is 0 Å². The Kier molecular flexibility index (Phi) is 3.61. The van der Waals surface area contributed by atoms with Gasteiger partial charge < -0.3 is 9.84 Å². The largest absolute Gasteiger partial charge is 0.439 e. The third-order valence-electron chi connectivity index (χ3n) is 2.36. The van der Waals surface area contributed by atoms with Gasteiger partial charge in [-0.25, -0.2) is 4.98 Å². The minimum Gasteiger partial charge on any atom is -0.439 e. The SMILES string of the molecule is Cc1nc(Oc2cccc(Cl)c2)ccc1CO. The number of aromatic nitrogens is 1. The van der Waals surface area contributed by atoms with Gasteiger partial charge in [0.2, 0.25) is 5.88 Å². The van der Waals surface area contributed by atoms with Crippen molar-refractivity contribution in [3.63, 3.8) is 0 Å². The number of aliphatic hydroxyl groups is 1. The first kappa shape index (κ1) is 11.9. The number of halogens is 1. The molecule has 0 saturated heterocycles. The first-order chi connectivity index (χ1) is 8.19. The molecule has 1 heterocycles. The Morgan fingerprint density at radius 1 is 1.29 bits per heavy atom. The molecule has 0 radical (unpaired) electrons. The fourth-order valence-electron chi connectivity index (χ4n) is 1.44. The van der Waals surface area contributed by atoms with Crippen molar-refractivity contribution in [1.29, 1.82) is 0 Å². The molecule has 88 valence electrons. The molecule has 0 aliphatic carbocycles. The van der Waals surface area contributed by atoms with Crippen molar-refractivity contribution >= 4 is 11.6 Å². The quantitative estimate of drug-likeness (QED) is 0.907. The Morgan fingerprint density at radius 2 is 2.12 bits per heavy atom. The van der Waals surface area contributed by atoms with Crippen LogP contribution in [0.15, 0.2) is 36.4 Å². The summed E-state index contributed by atoms with van der Waals surface area (Å²) in [7, 11) is 0. The number of aryl methyl sites for hydroxylation is 1. The van der Waals surface area contributed by atoms with Crippen molar-refractivity contribution in [2.75, 3.05) is 0 Å². The third kappa shape index (κ3) is 2.96. The van der Waals surface area contributed by atoms with Crippen LogP contribution < -0.4 is 4.74 Å². The molecule has 1 N–H and O–H groups in total. The van der Waals surface area contributed by atoms with E-state index in [0.29, 0.717) is 16.7 Å². The molecule has 0 aliphatic rings. The monoisotopic (exact) mass is 249 g/mol. The Labute approximate surface area is 105 Å². The smallest absolute Gasteiger partial charge is 0.219 e. The summed E-state index contributed by atoms with van der Waals surface area (Å²) in [5.74, 6) is 1.13. The Balaban J connectivity index is 2.22. The number of benzene rings is 1. The third-order valence-corrected chi connectivity index (χ3v) is 2.59. The van der Waals surface area contributed by atoms with E-state index in [4.69, 9.17) is 21.4 Å². The number of pyridine rings is 1. The van der Waals surface area contributed by atoms with Crippen molar-refractivity contribution in [3.05, 3.63) is 52.7 Å². The second-order valence-corrected chi connectivity index (χ2v) is 4.05. The maximum Gasteiger partial charge on any atom is 0.219 e. The number of hydrogen-bond acceptors (Lipinski definition) is 3. The van der Waals surface area contributed by atoms with E-state index in [1.807, 2.05) is 19.1 Å². The summed E-state index contributed by atoms with van der Waals surface area (Å²) in [5, 5.41) is 9.65. The number of hydrogen-bond donors (Lipinski definition) is 1. The fourth-order valence-corrected chi connectivity index (χ4v) is 1.62. The summed E-state index contributed by atoms with van der Waals surface area (Å²) in [6.07, 6.45) is 0. The van der Waals surface area contributed by atoms with E-state index in [-0.39, 0.29) is 6.61 Å². The van der Waals surface area contributed by atoms with Gasteiger partial charge in [0.1, 0.15) is 5.75 Å². The molecule has 17 heavy (non-hydrogen) atoms. The zero-order valence-corrected chi connectivity index (χ0v) is 10.1. The van der Waals surface area contributed by atoms with Crippen molar-refractivity contribution in [3.8, 4) is 11.6 Å². The number of nitrogens with zero attached hydrogens (tertiary/aromatic N) is 1. The van der Waals surface area contributed by atoms with Gasteiger partial charge in [-0.1, -0.05) is 17.7 Å². The molecule has 3 nitrogen and oxygen atoms in total. The predicted octanol–water partition coefficient (Wildman–Crippen LogP) is 3.33. The van der Waals surface area contributed by atoms with Crippen molar-refractivity contribution < 1.29 is 9.84 Å². The highest BCUT2D eigenvalue weighted by Gasteiger charge is 2.03. The lowest BCUT2D eigenvalue weighted by atomic mass is 10.2. The van der Waals surface area contributed by atoms with Gasteiger partial charge in [0.05, 0.1) is 6.61 Å². The van der Waals surface area contributed by atoms with Gasteiger partial charge in [0.15, 0.2) is 0 Å². The van der Waals surface area contributed by atoms with Crippen LogP contribution in [0, 0.1) is 6.92 Å². The van der Waals surface area contributed by atoms with Gasteiger partial charge in [-0.15, -0.1) is 0 Å². The van der Waals surface area contributed by atoms with Gasteiger partial charge >= 0.3 is 0 Å². The first-order valence-electron chi connectivity index (χ1n) is 5.20. The normalized spacial score (nSPS) is 10.3. The Bertz CT molecular complexity index is 529. The van der Waals surface area contributed by atoms with Crippen molar-refractivity contribution in [2.45, 2.75) is 13.5 Å². The lowest BCUT2D eigenvalue weighted by molar-refractivity contribution is 0.280. The van der Waals surface area contributed by atoms with Crippen LogP contribution in [0.25, 0.3) is 0 Å². The molecule has 1 aromatic heterocycles. The maximum atomic E-state index is 9.04. The zero-order valence-electron chi connectivity index (χ0n) is 9.35. The summed E-state index contributed by atoms with van der Waals surface area (Å²) >= 11 is 5.86. The molecule has 0 unspecified atom stereocenters. The topological polar surface area (TPSA) is 42.4 Å². The van der Waals surface area contributed by atoms with Crippen LogP contribution in [0.3, 0.4) is 0 Å². The Hall–Kier alpha value is -1.58. The van der Waals surface area contributed by atoms with E-state index in [1.54, 1.807) is 24.3 Å². The molecule has 0 spiro atoms. The highest BCUT2D eigenvalue weighted by molar-refractivity contribution is 6.30. The van der Waals surface area contributed by atoms with Gasteiger partial charge in [0.25, 0.3) is 0 Å². The van der Waals surface area contributed by atoms with E-state index >= 15 is 0 Å². The van der Waals surface area contributed by atoms with Crippen LogP contribution in [-0.2, 0) is 6.61 Å². The number of rotatable bonds is 3.